The highest BCUT2D eigenvalue weighted by Gasteiger charge is 2.47. The molecule has 0 aliphatic heterocycles. The Labute approximate surface area is 94.1 Å². The van der Waals surface area contributed by atoms with Crippen molar-refractivity contribution in [3.8, 4) is 0 Å². The fourth-order valence-electron chi connectivity index (χ4n) is 1.61. The summed E-state index contributed by atoms with van der Waals surface area (Å²) in [6, 6.07) is 1.85. The average Bonchev–Trinajstić information content (AvgIpc) is 2.82. The molecule has 0 spiro atoms. The molecule has 3 nitrogen and oxygen atoms in total. The molecule has 0 saturated heterocycles. The molecule has 5 heteroatoms. The minimum Gasteiger partial charge on any atom is -0.481 e. The SMILES string of the molecule is NC(c1cc(Br)cs1)C1CC1C(=O)O. The number of hydrogen-bond donors (Lipinski definition) is 2. The first-order chi connectivity index (χ1) is 6.59. The van der Waals surface area contributed by atoms with Crippen molar-refractivity contribution in [3.05, 3.63) is 20.8 Å². The zero-order chi connectivity index (χ0) is 10.3. The third-order valence-corrected chi connectivity index (χ3v) is 4.33. The van der Waals surface area contributed by atoms with E-state index in [4.69, 9.17) is 10.8 Å². The number of carboxylic acids is 1. The fourth-order valence-corrected chi connectivity index (χ4v) is 3.13. The Morgan fingerprint density at radius 3 is 2.93 bits per heavy atom. The van der Waals surface area contributed by atoms with Crippen molar-refractivity contribution in [1.82, 2.24) is 0 Å². The van der Waals surface area contributed by atoms with Gasteiger partial charge >= 0.3 is 5.97 Å². The van der Waals surface area contributed by atoms with Gasteiger partial charge in [-0.25, -0.2) is 0 Å². The van der Waals surface area contributed by atoms with Gasteiger partial charge in [0.15, 0.2) is 0 Å². The minimum atomic E-state index is -0.721. The first-order valence-electron chi connectivity index (χ1n) is 4.32. The van der Waals surface area contributed by atoms with E-state index in [-0.39, 0.29) is 17.9 Å². The molecule has 1 saturated carbocycles. The monoisotopic (exact) mass is 275 g/mol. The van der Waals surface area contributed by atoms with Gasteiger partial charge in [-0.2, -0.15) is 0 Å². The van der Waals surface area contributed by atoms with Crippen LogP contribution in [0.5, 0.6) is 0 Å². The summed E-state index contributed by atoms with van der Waals surface area (Å²) in [5, 5.41) is 10.7. The van der Waals surface area contributed by atoms with Crippen LogP contribution in [0, 0.1) is 11.8 Å². The quantitative estimate of drug-likeness (QED) is 0.889. The fraction of sp³-hybridized carbons (Fsp3) is 0.444. The molecular weight excluding hydrogens is 266 g/mol. The highest BCUT2D eigenvalue weighted by molar-refractivity contribution is 9.10. The lowest BCUT2D eigenvalue weighted by Gasteiger charge is -2.06. The molecule has 14 heavy (non-hydrogen) atoms. The number of halogens is 1. The highest BCUT2D eigenvalue weighted by atomic mass is 79.9. The van der Waals surface area contributed by atoms with E-state index in [0.717, 1.165) is 9.35 Å². The molecular formula is C9H10BrNO2S. The topological polar surface area (TPSA) is 63.3 Å². The van der Waals surface area contributed by atoms with Crippen LogP contribution in [-0.4, -0.2) is 11.1 Å². The van der Waals surface area contributed by atoms with Crippen molar-refractivity contribution in [1.29, 1.82) is 0 Å². The van der Waals surface area contributed by atoms with E-state index >= 15 is 0 Å². The minimum absolute atomic E-state index is 0.118. The smallest absolute Gasteiger partial charge is 0.306 e. The molecule has 0 bridgehead atoms. The summed E-state index contributed by atoms with van der Waals surface area (Å²) in [6.45, 7) is 0. The number of nitrogens with two attached hydrogens (primary N) is 1. The molecule has 2 rings (SSSR count). The third kappa shape index (κ3) is 1.85. The molecule has 1 aliphatic rings. The Morgan fingerprint density at radius 1 is 1.79 bits per heavy atom. The summed E-state index contributed by atoms with van der Waals surface area (Å²) < 4.78 is 1.01. The molecule has 1 aromatic rings. The lowest BCUT2D eigenvalue weighted by molar-refractivity contribution is -0.138. The molecule has 3 N–H and O–H groups in total. The van der Waals surface area contributed by atoms with Gasteiger partial charge in [0.1, 0.15) is 0 Å². The first kappa shape index (κ1) is 10.1. The largest absolute Gasteiger partial charge is 0.481 e. The van der Waals surface area contributed by atoms with Crippen LogP contribution in [0.4, 0.5) is 0 Å². The second-order valence-electron chi connectivity index (χ2n) is 3.54. The van der Waals surface area contributed by atoms with Crippen molar-refractivity contribution in [3.63, 3.8) is 0 Å². The van der Waals surface area contributed by atoms with Crippen molar-refractivity contribution >= 4 is 33.2 Å². The Hall–Kier alpha value is -0.390. The molecule has 1 aromatic heterocycles. The van der Waals surface area contributed by atoms with Gasteiger partial charge in [-0.3, -0.25) is 4.79 Å². The standard InChI is InChI=1S/C9H10BrNO2S/c10-4-1-7(14-3-4)8(11)5-2-6(5)9(12)13/h1,3,5-6,8H,2,11H2,(H,12,13). The molecule has 3 atom stereocenters. The Balaban J connectivity index is 2.04. The number of carboxylic acid groups (broad SMARTS) is 1. The van der Waals surface area contributed by atoms with Crippen LogP contribution in [0.25, 0.3) is 0 Å². The van der Waals surface area contributed by atoms with Gasteiger partial charge < -0.3 is 10.8 Å². The maximum Gasteiger partial charge on any atom is 0.306 e. The number of thiophene rings is 1. The van der Waals surface area contributed by atoms with E-state index in [9.17, 15) is 4.79 Å². The summed E-state index contributed by atoms with van der Waals surface area (Å²) in [5.74, 6) is -0.829. The van der Waals surface area contributed by atoms with Gasteiger partial charge in [0.25, 0.3) is 0 Å². The van der Waals surface area contributed by atoms with Crippen molar-refractivity contribution < 1.29 is 9.90 Å². The second-order valence-corrected chi connectivity index (χ2v) is 5.40. The van der Waals surface area contributed by atoms with E-state index < -0.39 is 5.97 Å². The Kier molecular flexibility index (Phi) is 2.64. The van der Waals surface area contributed by atoms with Gasteiger partial charge in [-0.05, 0) is 34.3 Å². The van der Waals surface area contributed by atoms with Gasteiger partial charge in [0.05, 0.1) is 5.92 Å². The normalized spacial score (nSPS) is 27.3. The van der Waals surface area contributed by atoms with Crippen LogP contribution in [0.3, 0.4) is 0 Å². The average molecular weight is 276 g/mol. The van der Waals surface area contributed by atoms with Crippen molar-refractivity contribution in [2.24, 2.45) is 17.6 Å². The zero-order valence-corrected chi connectivity index (χ0v) is 9.72. The Morgan fingerprint density at radius 2 is 2.50 bits per heavy atom. The second kappa shape index (κ2) is 3.64. The van der Waals surface area contributed by atoms with Gasteiger partial charge in [-0.15, -0.1) is 11.3 Å². The van der Waals surface area contributed by atoms with E-state index in [1.165, 1.54) is 0 Å². The molecule has 1 aliphatic carbocycles. The molecule has 1 heterocycles. The lowest BCUT2D eigenvalue weighted by Crippen LogP contribution is -2.14. The molecule has 76 valence electrons. The van der Waals surface area contributed by atoms with Crippen LogP contribution in [-0.2, 0) is 4.79 Å². The molecule has 0 radical (unpaired) electrons. The maximum absolute atomic E-state index is 10.7. The van der Waals surface area contributed by atoms with Gasteiger partial charge in [-0.1, -0.05) is 0 Å². The number of rotatable bonds is 3. The number of carbonyl (C=O) groups is 1. The van der Waals surface area contributed by atoms with Crippen LogP contribution in [0.15, 0.2) is 15.9 Å². The molecule has 1 fully saturated rings. The molecule has 3 unspecified atom stereocenters. The lowest BCUT2D eigenvalue weighted by atomic mass is 10.1. The van der Waals surface area contributed by atoms with E-state index in [2.05, 4.69) is 15.9 Å². The van der Waals surface area contributed by atoms with Crippen molar-refractivity contribution in [2.75, 3.05) is 0 Å². The zero-order valence-electron chi connectivity index (χ0n) is 7.31. The van der Waals surface area contributed by atoms with Crippen LogP contribution >= 0.6 is 27.3 Å². The summed E-state index contributed by atoms with van der Waals surface area (Å²) in [6.07, 6.45) is 0.714. The van der Waals surface area contributed by atoms with Crippen molar-refractivity contribution in [2.45, 2.75) is 12.5 Å². The number of aliphatic carboxylic acids is 1. The van der Waals surface area contributed by atoms with Crippen LogP contribution in [0.1, 0.15) is 17.3 Å². The van der Waals surface area contributed by atoms with Gasteiger partial charge in [0, 0.05) is 20.8 Å². The number of hydrogen-bond acceptors (Lipinski definition) is 3. The van der Waals surface area contributed by atoms with Crippen LogP contribution in [0.2, 0.25) is 0 Å². The van der Waals surface area contributed by atoms with Gasteiger partial charge in [0.2, 0.25) is 0 Å². The summed E-state index contributed by atoms with van der Waals surface area (Å²) in [7, 11) is 0. The van der Waals surface area contributed by atoms with E-state index in [1.54, 1.807) is 11.3 Å². The summed E-state index contributed by atoms with van der Waals surface area (Å²) in [5.41, 5.74) is 5.97. The third-order valence-electron chi connectivity index (χ3n) is 2.53. The predicted octanol–water partition coefficient (Wildman–Crippen LogP) is 2.23. The van der Waals surface area contributed by atoms with Crippen LogP contribution < -0.4 is 5.73 Å². The Bertz CT molecular complexity index is 365. The first-order valence-corrected chi connectivity index (χ1v) is 5.99. The summed E-state index contributed by atoms with van der Waals surface area (Å²) >= 11 is 4.93. The molecule has 0 aromatic carbocycles. The summed E-state index contributed by atoms with van der Waals surface area (Å²) in [4.78, 5) is 11.7. The predicted molar refractivity (Wildman–Crippen MR) is 58.2 cm³/mol. The maximum atomic E-state index is 10.7. The highest BCUT2D eigenvalue weighted by Crippen LogP contribution is 2.47. The van der Waals surface area contributed by atoms with E-state index in [0.29, 0.717) is 6.42 Å². The van der Waals surface area contributed by atoms with E-state index in [1.807, 2.05) is 11.4 Å². The molecule has 0 amide bonds.